The van der Waals surface area contributed by atoms with E-state index in [1.165, 1.54) is 12.1 Å². The molecule has 0 saturated heterocycles. The molecular formula is C21H22FN3O2. The average molecular weight is 367 g/mol. The second-order valence-corrected chi connectivity index (χ2v) is 7.11. The number of nitrogens with zero attached hydrogens (tertiary/aromatic N) is 2. The molecule has 3 aromatic rings. The van der Waals surface area contributed by atoms with Gasteiger partial charge in [-0.15, -0.1) is 0 Å². The monoisotopic (exact) mass is 367 g/mol. The molecule has 1 amide bonds. The molecule has 6 heteroatoms. The van der Waals surface area contributed by atoms with Crippen molar-refractivity contribution in [2.75, 3.05) is 0 Å². The van der Waals surface area contributed by atoms with Gasteiger partial charge in [0.25, 0.3) is 5.91 Å². The number of halogens is 1. The Labute approximate surface area is 156 Å². The van der Waals surface area contributed by atoms with Crippen LogP contribution < -0.4 is 5.32 Å². The third-order valence-electron chi connectivity index (χ3n) is 5.18. The number of amides is 1. The summed E-state index contributed by atoms with van der Waals surface area (Å²) >= 11 is 0. The Hall–Kier alpha value is -2.73. The number of rotatable bonds is 4. The molecule has 1 aromatic carbocycles. The van der Waals surface area contributed by atoms with E-state index in [0.717, 1.165) is 35.9 Å². The van der Waals surface area contributed by atoms with Crippen molar-refractivity contribution in [2.24, 2.45) is 0 Å². The average Bonchev–Trinajstić information content (AvgIpc) is 3.02. The van der Waals surface area contributed by atoms with Gasteiger partial charge in [0.2, 0.25) is 0 Å². The molecule has 4 rings (SSSR count). The summed E-state index contributed by atoms with van der Waals surface area (Å²) in [6.45, 7) is 0. The van der Waals surface area contributed by atoms with Crippen LogP contribution in [0.5, 0.6) is 0 Å². The molecule has 5 nitrogen and oxygen atoms in total. The number of nitrogens with one attached hydrogen (secondary N) is 1. The Balaban J connectivity index is 1.64. The standard InChI is InChI=1S/C21H22FN3O2/c22-16-6-3-5-14(12-16)11-15-13-19(25-18(15)8-4-10-23-25)21(27)24-17-7-1-2-9-20(17)26/h3-6,8,10,12-13,17,20,26H,1-2,7,9,11H2,(H,24,27)/t17-,20-/m0/s1. The molecule has 1 fully saturated rings. The van der Waals surface area contributed by atoms with Gasteiger partial charge in [0.1, 0.15) is 11.5 Å². The highest BCUT2D eigenvalue weighted by Gasteiger charge is 2.26. The highest BCUT2D eigenvalue weighted by atomic mass is 19.1. The fraction of sp³-hybridized carbons (Fsp3) is 0.333. The quantitative estimate of drug-likeness (QED) is 0.745. The minimum absolute atomic E-state index is 0.229. The van der Waals surface area contributed by atoms with Crippen molar-refractivity contribution in [3.63, 3.8) is 0 Å². The van der Waals surface area contributed by atoms with E-state index < -0.39 is 6.10 Å². The summed E-state index contributed by atoms with van der Waals surface area (Å²) in [5, 5.41) is 17.4. The first-order valence-corrected chi connectivity index (χ1v) is 9.31. The number of benzene rings is 1. The van der Waals surface area contributed by atoms with Gasteiger partial charge in [0.15, 0.2) is 0 Å². The maximum absolute atomic E-state index is 13.5. The summed E-state index contributed by atoms with van der Waals surface area (Å²) in [7, 11) is 0. The van der Waals surface area contributed by atoms with Crippen LogP contribution >= 0.6 is 0 Å². The van der Waals surface area contributed by atoms with Crippen LogP contribution in [0.3, 0.4) is 0 Å². The lowest BCUT2D eigenvalue weighted by Gasteiger charge is -2.28. The van der Waals surface area contributed by atoms with Gasteiger partial charge in [-0.05, 0) is 60.7 Å². The summed E-state index contributed by atoms with van der Waals surface area (Å²) in [4.78, 5) is 12.8. The number of hydrogen-bond donors (Lipinski definition) is 2. The van der Waals surface area contributed by atoms with Gasteiger partial charge in [0, 0.05) is 6.20 Å². The summed E-state index contributed by atoms with van der Waals surface area (Å²) in [6, 6.07) is 11.7. The molecule has 2 heterocycles. The fourth-order valence-electron chi connectivity index (χ4n) is 3.80. The van der Waals surface area contributed by atoms with Crippen LogP contribution in [0.1, 0.15) is 47.3 Å². The molecule has 1 aliphatic rings. The van der Waals surface area contributed by atoms with E-state index in [0.29, 0.717) is 18.5 Å². The zero-order valence-electron chi connectivity index (χ0n) is 14.9. The van der Waals surface area contributed by atoms with Crippen LogP contribution in [0.2, 0.25) is 0 Å². The van der Waals surface area contributed by atoms with E-state index >= 15 is 0 Å². The number of carbonyl (C=O) groups is 1. The van der Waals surface area contributed by atoms with E-state index in [-0.39, 0.29) is 17.8 Å². The number of aromatic nitrogens is 2. The summed E-state index contributed by atoms with van der Waals surface area (Å²) in [6.07, 6.45) is 5.11. The first kappa shape index (κ1) is 17.7. The number of aliphatic hydroxyl groups excluding tert-OH is 1. The van der Waals surface area contributed by atoms with Crippen molar-refractivity contribution in [1.29, 1.82) is 0 Å². The molecule has 1 aliphatic carbocycles. The van der Waals surface area contributed by atoms with Gasteiger partial charge in [0.05, 0.1) is 17.7 Å². The molecule has 1 saturated carbocycles. The van der Waals surface area contributed by atoms with Gasteiger partial charge < -0.3 is 10.4 Å². The zero-order chi connectivity index (χ0) is 18.8. The highest BCUT2D eigenvalue weighted by Crippen LogP contribution is 2.22. The number of hydrogen-bond acceptors (Lipinski definition) is 3. The Morgan fingerprint density at radius 1 is 1.22 bits per heavy atom. The van der Waals surface area contributed by atoms with E-state index in [2.05, 4.69) is 10.4 Å². The Morgan fingerprint density at radius 2 is 2.07 bits per heavy atom. The van der Waals surface area contributed by atoms with E-state index in [4.69, 9.17) is 0 Å². The van der Waals surface area contributed by atoms with Crippen LogP contribution in [-0.2, 0) is 6.42 Å². The van der Waals surface area contributed by atoms with Crippen molar-refractivity contribution in [3.05, 3.63) is 71.3 Å². The molecule has 0 bridgehead atoms. The van der Waals surface area contributed by atoms with Gasteiger partial charge in [-0.3, -0.25) is 4.79 Å². The minimum Gasteiger partial charge on any atom is -0.391 e. The second kappa shape index (κ2) is 7.48. The highest BCUT2D eigenvalue weighted by molar-refractivity contribution is 5.94. The van der Waals surface area contributed by atoms with Crippen molar-refractivity contribution >= 4 is 11.4 Å². The minimum atomic E-state index is -0.506. The van der Waals surface area contributed by atoms with Crippen LogP contribution in [0.25, 0.3) is 5.52 Å². The maximum atomic E-state index is 13.5. The first-order valence-electron chi connectivity index (χ1n) is 9.31. The molecular weight excluding hydrogens is 345 g/mol. The van der Waals surface area contributed by atoms with Crippen LogP contribution in [0.4, 0.5) is 4.39 Å². The first-order chi connectivity index (χ1) is 13.1. The predicted molar refractivity (Wildman–Crippen MR) is 100 cm³/mol. The normalized spacial score (nSPS) is 19.9. The smallest absolute Gasteiger partial charge is 0.270 e. The fourth-order valence-corrected chi connectivity index (χ4v) is 3.80. The molecule has 0 radical (unpaired) electrons. The second-order valence-electron chi connectivity index (χ2n) is 7.11. The van der Waals surface area contributed by atoms with E-state index in [9.17, 15) is 14.3 Å². The van der Waals surface area contributed by atoms with Crippen LogP contribution in [-0.4, -0.2) is 32.8 Å². The van der Waals surface area contributed by atoms with Crippen LogP contribution in [0.15, 0.2) is 48.7 Å². The molecule has 27 heavy (non-hydrogen) atoms. The Morgan fingerprint density at radius 3 is 2.89 bits per heavy atom. The Bertz CT molecular complexity index is 969. The van der Waals surface area contributed by atoms with Gasteiger partial charge in [-0.25, -0.2) is 8.91 Å². The van der Waals surface area contributed by atoms with Crippen molar-refractivity contribution in [1.82, 2.24) is 14.9 Å². The van der Waals surface area contributed by atoms with Crippen molar-refractivity contribution in [2.45, 2.75) is 44.2 Å². The maximum Gasteiger partial charge on any atom is 0.270 e. The molecule has 0 unspecified atom stereocenters. The van der Waals surface area contributed by atoms with E-state index in [1.807, 2.05) is 18.2 Å². The lowest BCUT2D eigenvalue weighted by atomic mass is 9.92. The van der Waals surface area contributed by atoms with Crippen LogP contribution in [0, 0.1) is 5.82 Å². The van der Waals surface area contributed by atoms with Crippen molar-refractivity contribution < 1.29 is 14.3 Å². The molecule has 140 valence electrons. The molecule has 0 spiro atoms. The molecule has 2 N–H and O–H groups in total. The lowest BCUT2D eigenvalue weighted by molar-refractivity contribution is 0.0712. The third kappa shape index (κ3) is 3.71. The molecule has 2 atom stereocenters. The topological polar surface area (TPSA) is 66.6 Å². The van der Waals surface area contributed by atoms with Gasteiger partial charge in [-0.1, -0.05) is 25.0 Å². The number of carbonyl (C=O) groups excluding carboxylic acids is 1. The molecule has 0 aliphatic heterocycles. The Kier molecular flexibility index (Phi) is 4.90. The van der Waals surface area contributed by atoms with E-state index in [1.54, 1.807) is 22.8 Å². The molecule has 2 aromatic heterocycles. The number of aliphatic hydroxyl groups is 1. The van der Waals surface area contributed by atoms with Gasteiger partial charge >= 0.3 is 0 Å². The lowest BCUT2D eigenvalue weighted by Crippen LogP contribution is -2.45. The van der Waals surface area contributed by atoms with Gasteiger partial charge in [-0.2, -0.15) is 5.10 Å². The SMILES string of the molecule is O=C(N[C@H]1CCCC[C@@H]1O)c1cc(Cc2cccc(F)c2)c2cccnn12. The predicted octanol–water partition coefficient (Wildman–Crippen LogP) is 3.10. The number of fused-ring (bicyclic) bond motifs is 1. The zero-order valence-corrected chi connectivity index (χ0v) is 14.9. The largest absolute Gasteiger partial charge is 0.391 e. The summed E-state index contributed by atoms with van der Waals surface area (Å²) in [5.74, 6) is -0.529. The third-order valence-corrected chi connectivity index (χ3v) is 5.18. The summed E-state index contributed by atoms with van der Waals surface area (Å²) in [5.41, 5.74) is 2.98. The summed E-state index contributed by atoms with van der Waals surface area (Å²) < 4.78 is 15.1. The van der Waals surface area contributed by atoms with Crippen molar-refractivity contribution in [3.8, 4) is 0 Å².